The van der Waals surface area contributed by atoms with E-state index in [2.05, 4.69) is 18.8 Å². The Bertz CT molecular complexity index is 1580. The standard InChI is InChI=1S/C22H15Cl3N4O5S2/c23-12-6-4-11(5-7-12)8-18(22(31)32)26-21(30)13-9-14(24)15(25)10-17(13)29-36(33,34)19-3-1-2-16-20(19)28-35-27-16/h1-7,9-10,18,29H,8H2,(H,26,30)(H,31,32)/t18-/m0/s1. The molecule has 0 saturated heterocycles. The Labute approximate surface area is 224 Å². The second-order valence-electron chi connectivity index (χ2n) is 7.50. The maximum absolute atomic E-state index is 13.2. The molecule has 0 aliphatic heterocycles. The maximum Gasteiger partial charge on any atom is 0.326 e. The van der Waals surface area contributed by atoms with Crippen LogP contribution >= 0.6 is 46.5 Å². The smallest absolute Gasteiger partial charge is 0.326 e. The van der Waals surface area contributed by atoms with Crippen LogP contribution in [0.3, 0.4) is 0 Å². The monoisotopic (exact) mass is 584 g/mol. The lowest BCUT2D eigenvalue weighted by molar-refractivity contribution is -0.139. The van der Waals surface area contributed by atoms with Gasteiger partial charge in [0.15, 0.2) is 0 Å². The summed E-state index contributed by atoms with van der Waals surface area (Å²) >= 11 is 18.9. The molecule has 1 heterocycles. The summed E-state index contributed by atoms with van der Waals surface area (Å²) in [6, 6.07) is 11.9. The molecular formula is C22H15Cl3N4O5S2. The molecule has 3 aromatic carbocycles. The lowest BCUT2D eigenvalue weighted by Gasteiger charge is -2.18. The van der Waals surface area contributed by atoms with Crippen molar-refractivity contribution in [1.82, 2.24) is 14.1 Å². The topological polar surface area (TPSA) is 138 Å². The predicted molar refractivity (Wildman–Crippen MR) is 139 cm³/mol. The van der Waals surface area contributed by atoms with Crippen LogP contribution in [0.25, 0.3) is 11.0 Å². The van der Waals surface area contributed by atoms with Crippen LogP contribution in [0.4, 0.5) is 5.69 Å². The lowest BCUT2D eigenvalue weighted by atomic mass is 10.1. The Balaban J connectivity index is 1.66. The molecule has 0 saturated carbocycles. The number of sulfonamides is 1. The second kappa shape index (κ2) is 10.6. The third kappa shape index (κ3) is 5.71. The minimum Gasteiger partial charge on any atom is -0.480 e. The zero-order valence-electron chi connectivity index (χ0n) is 17.9. The summed E-state index contributed by atoms with van der Waals surface area (Å²) < 4.78 is 36.8. The van der Waals surface area contributed by atoms with Crippen LogP contribution in [0, 0.1) is 0 Å². The number of carboxylic acids is 1. The highest BCUT2D eigenvalue weighted by atomic mass is 35.5. The molecule has 1 atom stereocenters. The highest BCUT2D eigenvalue weighted by Crippen LogP contribution is 2.32. The summed E-state index contributed by atoms with van der Waals surface area (Å²) in [5.41, 5.74) is 0.750. The van der Waals surface area contributed by atoms with Gasteiger partial charge in [-0.15, -0.1) is 0 Å². The van der Waals surface area contributed by atoms with Gasteiger partial charge < -0.3 is 10.4 Å². The van der Waals surface area contributed by atoms with Crippen molar-refractivity contribution in [1.29, 1.82) is 0 Å². The van der Waals surface area contributed by atoms with Crippen molar-refractivity contribution < 1.29 is 23.1 Å². The van der Waals surface area contributed by atoms with Gasteiger partial charge in [-0.2, -0.15) is 8.75 Å². The molecule has 1 amide bonds. The number of carboxylic acid groups (broad SMARTS) is 1. The number of carbonyl (C=O) groups excluding carboxylic acids is 1. The predicted octanol–water partition coefficient (Wildman–Crippen LogP) is 4.88. The van der Waals surface area contributed by atoms with Gasteiger partial charge >= 0.3 is 5.97 Å². The molecule has 186 valence electrons. The summed E-state index contributed by atoms with van der Waals surface area (Å²) in [6.45, 7) is 0. The van der Waals surface area contributed by atoms with Crippen molar-refractivity contribution in [2.45, 2.75) is 17.4 Å². The first-order chi connectivity index (χ1) is 17.0. The molecule has 3 N–H and O–H groups in total. The fraction of sp³-hybridized carbons (Fsp3) is 0.0909. The van der Waals surface area contributed by atoms with Crippen LogP contribution in [-0.4, -0.2) is 40.2 Å². The number of fused-ring (bicyclic) bond motifs is 1. The summed E-state index contributed by atoms with van der Waals surface area (Å²) in [4.78, 5) is 24.8. The molecule has 0 aliphatic rings. The van der Waals surface area contributed by atoms with Crippen molar-refractivity contribution in [3.63, 3.8) is 0 Å². The SMILES string of the molecule is O=C(N[C@@H](Cc1ccc(Cl)cc1)C(=O)O)c1cc(Cl)c(Cl)cc1NS(=O)(=O)c1cccc2nsnc12. The number of benzene rings is 3. The summed E-state index contributed by atoms with van der Waals surface area (Å²) in [5, 5.41) is 12.5. The van der Waals surface area contributed by atoms with Gasteiger partial charge in [0, 0.05) is 11.4 Å². The number of hydrogen-bond donors (Lipinski definition) is 3. The molecular weight excluding hydrogens is 571 g/mol. The minimum absolute atomic E-state index is 0.0181. The average Bonchev–Trinajstić information content (AvgIpc) is 3.30. The van der Waals surface area contributed by atoms with Crippen LogP contribution in [-0.2, 0) is 21.2 Å². The molecule has 1 aromatic heterocycles. The van der Waals surface area contributed by atoms with E-state index in [-0.39, 0.29) is 38.1 Å². The Kier molecular flexibility index (Phi) is 7.67. The fourth-order valence-corrected chi connectivity index (χ4v) is 5.60. The summed E-state index contributed by atoms with van der Waals surface area (Å²) in [5.74, 6) is -2.16. The largest absolute Gasteiger partial charge is 0.480 e. The summed E-state index contributed by atoms with van der Waals surface area (Å²) in [6.07, 6.45) is -0.0422. The fourth-order valence-electron chi connectivity index (χ4n) is 3.31. The molecule has 0 fully saturated rings. The van der Waals surface area contributed by atoms with E-state index < -0.39 is 27.9 Å². The summed E-state index contributed by atoms with van der Waals surface area (Å²) in [7, 11) is -4.25. The van der Waals surface area contributed by atoms with Crippen LogP contribution in [0.2, 0.25) is 15.1 Å². The quantitative estimate of drug-likeness (QED) is 0.268. The van der Waals surface area contributed by atoms with Gasteiger partial charge in [0.2, 0.25) is 0 Å². The Morgan fingerprint density at radius 3 is 2.39 bits per heavy atom. The first-order valence-electron chi connectivity index (χ1n) is 10.1. The molecule has 0 unspecified atom stereocenters. The molecule has 0 aliphatic carbocycles. The number of carbonyl (C=O) groups is 2. The van der Waals surface area contributed by atoms with E-state index in [4.69, 9.17) is 34.8 Å². The number of amides is 1. The van der Waals surface area contributed by atoms with E-state index in [1.807, 2.05) is 0 Å². The Hall–Kier alpha value is -2.96. The van der Waals surface area contributed by atoms with Gasteiger partial charge in [-0.05, 0) is 42.0 Å². The van der Waals surface area contributed by atoms with Gasteiger partial charge in [0.25, 0.3) is 15.9 Å². The average molecular weight is 586 g/mol. The Morgan fingerprint density at radius 2 is 1.69 bits per heavy atom. The van der Waals surface area contributed by atoms with Gasteiger partial charge in [0.05, 0.1) is 33.0 Å². The number of rotatable bonds is 8. The minimum atomic E-state index is -4.25. The molecule has 14 heteroatoms. The number of hydrogen-bond acceptors (Lipinski definition) is 7. The number of nitrogens with one attached hydrogen (secondary N) is 2. The Morgan fingerprint density at radius 1 is 1.00 bits per heavy atom. The van der Waals surface area contributed by atoms with Gasteiger partial charge in [0.1, 0.15) is 22.0 Å². The first kappa shape index (κ1) is 26.1. The van der Waals surface area contributed by atoms with Gasteiger partial charge in [-0.25, -0.2) is 13.2 Å². The van der Waals surface area contributed by atoms with Crippen molar-refractivity contribution in [2.24, 2.45) is 0 Å². The van der Waals surface area contributed by atoms with Crippen molar-refractivity contribution in [3.05, 3.63) is 80.8 Å². The zero-order valence-corrected chi connectivity index (χ0v) is 21.8. The molecule has 0 spiro atoms. The highest BCUT2D eigenvalue weighted by Gasteiger charge is 2.26. The third-order valence-corrected chi connectivity index (χ3v) is 7.96. The van der Waals surface area contributed by atoms with E-state index in [1.165, 1.54) is 18.2 Å². The van der Waals surface area contributed by atoms with Gasteiger partial charge in [-0.1, -0.05) is 53.0 Å². The molecule has 9 nitrogen and oxygen atoms in total. The van der Waals surface area contributed by atoms with E-state index in [0.717, 1.165) is 17.8 Å². The van der Waals surface area contributed by atoms with Crippen LogP contribution in [0.15, 0.2) is 59.5 Å². The molecule has 0 radical (unpaired) electrons. The van der Waals surface area contributed by atoms with Crippen LogP contribution in [0.5, 0.6) is 0 Å². The maximum atomic E-state index is 13.2. The lowest BCUT2D eigenvalue weighted by Crippen LogP contribution is -2.42. The number of nitrogens with zero attached hydrogens (tertiary/aromatic N) is 2. The van der Waals surface area contributed by atoms with E-state index in [1.54, 1.807) is 30.3 Å². The van der Waals surface area contributed by atoms with Crippen LogP contribution < -0.4 is 10.0 Å². The molecule has 4 aromatic rings. The first-order valence-corrected chi connectivity index (χ1v) is 13.4. The molecule has 36 heavy (non-hydrogen) atoms. The highest BCUT2D eigenvalue weighted by molar-refractivity contribution is 7.93. The van der Waals surface area contributed by atoms with E-state index >= 15 is 0 Å². The number of aliphatic carboxylic acids is 1. The van der Waals surface area contributed by atoms with Crippen molar-refractivity contribution in [2.75, 3.05) is 4.72 Å². The van der Waals surface area contributed by atoms with Gasteiger partial charge in [-0.3, -0.25) is 9.52 Å². The second-order valence-corrected chi connectivity index (χ2v) is 10.9. The van der Waals surface area contributed by atoms with E-state index in [0.29, 0.717) is 16.1 Å². The number of halogens is 3. The zero-order chi connectivity index (χ0) is 26.0. The van der Waals surface area contributed by atoms with Crippen molar-refractivity contribution >= 4 is 85.2 Å². The normalized spacial score (nSPS) is 12.3. The number of anilines is 1. The van der Waals surface area contributed by atoms with E-state index in [9.17, 15) is 23.1 Å². The molecule has 4 rings (SSSR count). The molecule has 0 bridgehead atoms. The number of aromatic nitrogens is 2. The third-order valence-electron chi connectivity index (χ3n) is 5.04. The van der Waals surface area contributed by atoms with Crippen molar-refractivity contribution in [3.8, 4) is 0 Å². The van der Waals surface area contributed by atoms with Crippen LogP contribution in [0.1, 0.15) is 15.9 Å².